The van der Waals surface area contributed by atoms with E-state index in [1.807, 2.05) is 24.3 Å². The van der Waals surface area contributed by atoms with Crippen molar-refractivity contribution < 1.29 is 9.53 Å². The van der Waals surface area contributed by atoms with Crippen molar-refractivity contribution in [3.05, 3.63) is 28.7 Å². The number of nitrogens with one attached hydrogen (secondary N) is 2. The summed E-state index contributed by atoms with van der Waals surface area (Å²) in [5.74, 6) is 1.67. The molecule has 1 unspecified atom stereocenters. The molecule has 0 aliphatic carbocycles. The average molecular weight is 392 g/mol. The van der Waals surface area contributed by atoms with Crippen LogP contribution in [0.3, 0.4) is 0 Å². The number of hydrogen-bond donors (Lipinski definition) is 2. The molecule has 0 bridgehead atoms. The van der Waals surface area contributed by atoms with Gasteiger partial charge >= 0.3 is 0 Å². The zero-order valence-electron chi connectivity index (χ0n) is 12.6. The SMILES string of the molecule is Cl.O=C(CCCOc1ccccc1Br)NCCC1CCNC1. The smallest absolute Gasteiger partial charge is 0.220 e. The minimum absolute atomic E-state index is 0. The number of ether oxygens (including phenoxy) is 1. The van der Waals surface area contributed by atoms with Crippen LogP contribution in [0.1, 0.15) is 25.7 Å². The number of para-hydroxylation sites is 1. The van der Waals surface area contributed by atoms with Crippen LogP contribution in [-0.2, 0) is 4.79 Å². The number of halogens is 2. The largest absolute Gasteiger partial charge is 0.492 e. The van der Waals surface area contributed by atoms with Gasteiger partial charge in [0.05, 0.1) is 11.1 Å². The molecule has 1 amide bonds. The van der Waals surface area contributed by atoms with Crippen molar-refractivity contribution in [2.75, 3.05) is 26.2 Å². The number of carbonyl (C=O) groups is 1. The maximum absolute atomic E-state index is 11.7. The standard InChI is InChI=1S/C16H23BrN2O2.ClH/c17-14-4-1-2-5-15(14)21-11-3-6-16(20)19-10-8-13-7-9-18-12-13;/h1-2,4-5,13,18H,3,6-12H2,(H,19,20);1H. The highest BCUT2D eigenvalue weighted by Crippen LogP contribution is 2.23. The fourth-order valence-electron chi connectivity index (χ4n) is 2.44. The lowest BCUT2D eigenvalue weighted by Crippen LogP contribution is -2.26. The van der Waals surface area contributed by atoms with Gasteiger partial charge in [-0.2, -0.15) is 0 Å². The molecular weight excluding hydrogens is 368 g/mol. The van der Waals surface area contributed by atoms with E-state index in [0.29, 0.717) is 13.0 Å². The number of benzene rings is 1. The third-order valence-corrected chi connectivity index (χ3v) is 4.33. The molecule has 1 aliphatic heterocycles. The van der Waals surface area contributed by atoms with Gasteiger partial charge in [0.25, 0.3) is 0 Å². The van der Waals surface area contributed by atoms with Crippen LogP contribution in [0.2, 0.25) is 0 Å². The van der Waals surface area contributed by atoms with Crippen LogP contribution < -0.4 is 15.4 Å². The summed E-state index contributed by atoms with van der Waals surface area (Å²) in [6.45, 7) is 3.56. The summed E-state index contributed by atoms with van der Waals surface area (Å²) in [6.07, 6.45) is 3.56. The third kappa shape index (κ3) is 6.99. The molecule has 4 nitrogen and oxygen atoms in total. The average Bonchev–Trinajstić information content (AvgIpc) is 2.98. The first kappa shape index (κ1) is 19.3. The quantitative estimate of drug-likeness (QED) is 0.669. The molecule has 0 spiro atoms. The first-order valence-electron chi connectivity index (χ1n) is 7.60. The molecule has 22 heavy (non-hydrogen) atoms. The highest BCUT2D eigenvalue weighted by Gasteiger charge is 2.13. The molecule has 1 aliphatic rings. The molecule has 2 rings (SSSR count). The summed E-state index contributed by atoms with van der Waals surface area (Å²) in [5.41, 5.74) is 0. The van der Waals surface area contributed by atoms with Crippen LogP contribution in [0.4, 0.5) is 0 Å². The van der Waals surface area contributed by atoms with E-state index in [-0.39, 0.29) is 18.3 Å². The molecule has 124 valence electrons. The summed E-state index contributed by atoms with van der Waals surface area (Å²) in [5, 5.41) is 6.33. The van der Waals surface area contributed by atoms with E-state index in [1.54, 1.807) is 0 Å². The monoisotopic (exact) mass is 390 g/mol. The van der Waals surface area contributed by atoms with Gasteiger partial charge in [0, 0.05) is 13.0 Å². The van der Waals surface area contributed by atoms with E-state index in [2.05, 4.69) is 26.6 Å². The van der Waals surface area contributed by atoms with Crippen molar-refractivity contribution in [2.24, 2.45) is 5.92 Å². The first-order valence-corrected chi connectivity index (χ1v) is 8.40. The van der Waals surface area contributed by atoms with Crippen molar-refractivity contribution in [3.63, 3.8) is 0 Å². The molecule has 2 N–H and O–H groups in total. The van der Waals surface area contributed by atoms with E-state index in [9.17, 15) is 4.79 Å². The Morgan fingerprint density at radius 3 is 2.95 bits per heavy atom. The summed E-state index contributed by atoms with van der Waals surface area (Å²) in [4.78, 5) is 11.7. The van der Waals surface area contributed by atoms with Crippen LogP contribution in [0.25, 0.3) is 0 Å². The second-order valence-electron chi connectivity index (χ2n) is 5.38. The molecule has 1 aromatic carbocycles. The normalized spacial score (nSPS) is 16.9. The van der Waals surface area contributed by atoms with Gasteiger partial charge in [-0.05, 0) is 66.3 Å². The Morgan fingerprint density at radius 1 is 1.41 bits per heavy atom. The molecule has 0 aromatic heterocycles. The van der Waals surface area contributed by atoms with Gasteiger partial charge in [0.1, 0.15) is 5.75 Å². The molecule has 1 saturated heterocycles. The van der Waals surface area contributed by atoms with Crippen molar-refractivity contribution in [1.82, 2.24) is 10.6 Å². The zero-order valence-corrected chi connectivity index (χ0v) is 15.0. The lowest BCUT2D eigenvalue weighted by Gasteiger charge is -2.10. The minimum atomic E-state index is 0. The Labute approximate surface area is 146 Å². The number of rotatable bonds is 8. The molecular formula is C16H24BrClN2O2. The number of amides is 1. The third-order valence-electron chi connectivity index (χ3n) is 3.68. The topological polar surface area (TPSA) is 50.4 Å². The second-order valence-corrected chi connectivity index (χ2v) is 6.23. The molecule has 0 radical (unpaired) electrons. The molecule has 1 fully saturated rings. The second kappa shape index (κ2) is 10.9. The molecule has 1 atom stereocenters. The lowest BCUT2D eigenvalue weighted by atomic mass is 10.1. The van der Waals surface area contributed by atoms with Gasteiger partial charge in [-0.15, -0.1) is 12.4 Å². The first-order chi connectivity index (χ1) is 10.3. The van der Waals surface area contributed by atoms with Crippen molar-refractivity contribution >= 4 is 34.2 Å². The molecule has 6 heteroatoms. The Morgan fingerprint density at radius 2 is 2.23 bits per heavy atom. The fourth-order valence-corrected chi connectivity index (χ4v) is 2.84. The van der Waals surface area contributed by atoms with Crippen molar-refractivity contribution in [2.45, 2.75) is 25.7 Å². The molecule has 0 saturated carbocycles. The van der Waals surface area contributed by atoms with Crippen molar-refractivity contribution in [1.29, 1.82) is 0 Å². The van der Waals surface area contributed by atoms with E-state index in [1.165, 1.54) is 6.42 Å². The maximum Gasteiger partial charge on any atom is 0.220 e. The molecule has 1 aromatic rings. The number of carbonyl (C=O) groups excluding carboxylic acids is 1. The predicted octanol–water partition coefficient (Wildman–Crippen LogP) is 3.15. The van der Waals surface area contributed by atoms with Crippen LogP contribution in [0.5, 0.6) is 5.75 Å². The lowest BCUT2D eigenvalue weighted by molar-refractivity contribution is -0.121. The van der Waals surface area contributed by atoms with E-state index < -0.39 is 0 Å². The Hall–Kier alpha value is -0.780. The van der Waals surface area contributed by atoms with Gasteiger partial charge in [-0.25, -0.2) is 0 Å². The van der Waals surface area contributed by atoms with E-state index >= 15 is 0 Å². The van der Waals surface area contributed by atoms with E-state index in [0.717, 1.165) is 48.6 Å². The fraction of sp³-hybridized carbons (Fsp3) is 0.562. The van der Waals surface area contributed by atoms with Gasteiger partial charge in [-0.3, -0.25) is 4.79 Å². The Kier molecular flexibility index (Phi) is 9.52. The van der Waals surface area contributed by atoms with Gasteiger partial charge in [-0.1, -0.05) is 12.1 Å². The van der Waals surface area contributed by atoms with Gasteiger partial charge in [0.2, 0.25) is 5.91 Å². The summed E-state index contributed by atoms with van der Waals surface area (Å²) < 4.78 is 6.58. The Bertz CT molecular complexity index is 454. The minimum Gasteiger partial charge on any atom is -0.492 e. The maximum atomic E-state index is 11.7. The van der Waals surface area contributed by atoms with Gasteiger partial charge in [0.15, 0.2) is 0 Å². The highest BCUT2D eigenvalue weighted by molar-refractivity contribution is 9.10. The predicted molar refractivity (Wildman–Crippen MR) is 94.7 cm³/mol. The van der Waals surface area contributed by atoms with Crippen LogP contribution in [0, 0.1) is 5.92 Å². The zero-order chi connectivity index (χ0) is 14.9. The van der Waals surface area contributed by atoms with Crippen molar-refractivity contribution in [3.8, 4) is 5.75 Å². The van der Waals surface area contributed by atoms with Crippen LogP contribution in [-0.4, -0.2) is 32.1 Å². The van der Waals surface area contributed by atoms with Crippen LogP contribution in [0.15, 0.2) is 28.7 Å². The van der Waals surface area contributed by atoms with Gasteiger partial charge < -0.3 is 15.4 Å². The summed E-state index contributed by atoms with van der Waals surface area (Å²) in [7, 11) is 0. The van der Waals surface area contributed by atoms with Crippen LogP contribution >= 0.6 is 28.3 Å². The molecule has 1 heterocycles. The number of hydrogen-bond acceptors (Lipinski definition) is 3. The summed E-state index contributed by atoms with van der Waals surface area (Å²) in [6, 6.07) is 7.74. The van der Waals surface area contributed by atoms with E-state index in [4.69, 9.17) is 4.74 Å². The highest BCUT2D eigenvalue weighted by atomic mass is 79.9. The summed E-state index contributed by atoms with van der Waals surface area (Å²) >= 11 is 3.43. The Balaban J connectivity index is 0.00000242.